The second-order valence-corrected chi connectivity index (χ2v) is 6.74. The monoisotopic (exact) mass is 395 g/mol. The Bertz CT molecular complexity index is 952. The molecule has 0 amide bonds. The van der Waals surface area contributed by atoms with E-state index in [-0.39, 0.29) is 6.10 Å². The van der Waals surface area contributed by atoms with Crippen LogP contribution in [0.15, 0.2) is 54.6 Å². The Morgan fingerprint density at radius 2 is 1.62 bits per heavy atom. The SMILES string of the molecule is COc1cccc(OC)c1OCCNC[C@@H]1COc2cc3ccccc3cc2O1. The van der Waals surface area contributed by atoms with E-state index in [1.807, 2.05) is 42.5 Å². The zero-order chi connectivity index (χ0) is 20.1. The average molecular weight is 395 g/mol. The second-order valence-electron chi connectivity index (χ2n) is 6.74. The molecular formula is C23H25NO5. The van der Waals surface area contributed by atoms with Crippen molar-refractivity contribution in [1.29, 1.82) is 0 Å². The molecule has 1 heterocycles. The van der Waals surface area contributed by atoms with E-state index in [4.69, 9.17) is 23.7 Å². The van der Waals surface area contributed by atoms with E-state index >= 15 is 0 Å². The summed E-state index contributed by atoms with van der Waals surface area (Å²) in [5, 5.41) is 5.65. The van der Waals surface area contributed by atoms with Crippen LogP contribution in [-0.2, 0) is 0 Å². The maximum atomic E-state index is 6.11. The highest BCUT2D eigenvalue weighted by Gasteiger charge is 2.21. The summed E-state index contributed by atoms with van der Waals surface area (Å²) in [6.07, 6.45) is -0.0514. The molecule has 4 rings (SSSR count). The molecule has 0 aliphatic carbocycles. The number of methoxy groups -OCH3 is 2. The number of nitrogens with one attached hydrogen (secondary N) is 1. The van der Waals surface area contributed by atoms with Gasteiger partial charge in [0, 0.05) is 13.1 Å². The lowest BCUT2D eigenvalue weighted by atomic mass is 10.1. The molecule has 6 nitrogen and oxygen atoms in total. The minimum Gasteiger partial charge on any atom is -0.493 e. The molecule has 29 heavy (non-hydrogen) atoms. The molecule has 3 aromatic rings. The van der Waals surface area contributed by atoms with Crippen molar-refractivity contribution in [3.8, 4) is 28.7 Å². The highest BCUT2D eigenvalue weighted by atomic mass is 16.6. The van der Waals surface area contributed by atoms with Crippen molar-refractivity contribution < 1.29 is 23.7 Å². The third-order valence-electron chi connectivity index (χ3n) is 4.81. The van der Waals surface area contributed by atoms with Gasteiger partial charge in [-0.25, -0.2) is 0 Å². The molecule has 6 heteroatoms. The van der Waals surface area contributed by atoms with Crippen LogP contribution in [0.4, 0.5) is 0 Å². The third kappa shape index (κ3) is 4.32. The van der Waals surface area contributed by atoms with Crippen LogP contribution in [0.3, 0.4) is 0 Å². The van der Waals surface area contributed by atoms with Gasteiger partial charge in [-0.1, -0.05) is 30.3 Å². The first-order valence-electron chi connectivity index (χ1n) is 9.65. The summed E-state index contributed by atoms with van der Waals surface area (Å²) < 4.78 is 28.6. The van der Waals surface area contributed by atoms with Gasteiger partial charge in [0.2, 0.25) is 5.75 Å². The van der Waals surface area contributed by atoms with Gasteiger partial charge in [0.25, 0.3) is 0 Å². The summed E-state index contributed by atoms with van der Waals surface area (Å²) in [5.41, 5.74) is 0. The molecule has 0 radical (unpaired) electrons. The van der Waals surface area contributed by atoms with Gasteiger partial charge in [-0.15, -0.1) is 0 Å². The molecule has 1 aliphatic heterocycles. The Hall–Kier alpha value is -3.12. The number of hydrogen-bond acceptors (Lipinski definition) is 6. The van der Waals surface area contributed by atoms with E-state index < -0.39 is 0 Å². The molecule has 0 spiro atoms. The first-order chi connectivity index (χ1) is 14.3. The summed E-state index contributed by atoms with van der Waals surface area (Å²) in [7, 11) is 3.22. The molecule has 3 aromatic carbocycles. The van der Waals surface area contributed by atoms with Crippen LogP contribution in [0, 0.1) is 0 Å². The Labute approximate surface area is 170 Å². The zero-order valence-corrected chi connectivity index (χ0v) is 16.6. The van der Waals surface area contributed by atoms with Crippen molar-refractivity contribution in [1.82, 2.24) is 5.32 Å². The number of ether oxygens (including phenoxy) is 5. The van der Waals surface area contributed by atoms with Crippen LogP contribution >= 0.6 is 0 Å². The van der Waals surface area contributed by atoms with Crippen molar-refractivity contribution in [3.63, 3.8) is 0 Å². The molecule has 0 saturated heterocycles. The Morgan fingerprint density at radius 3 is 2.31 bits per heavy atom. The van der Waals surface area contributed by atoms with Gasteiger partial charge in [-0.2, -0.15) is 0 Å². The fourth-order valence-electron chi connectivity index (χ4n) is 3.35. The quantitative estimate of drug-likeness (QED) is 0.588. The van der Waals surface area contributed by atoms with E-state index in [0.717, 1.165) is 22.3 Å². The summed E-state index contributed by atoms with van der Waals surface area (Å²) in [6.45, 7) is 2.31. The standard InChI is InChI=1S/C23H25NO5/c1-25-19-8-5-9-20(26-2)23(19)27-11-10-24-14-18-15-28-21-12-16-6-3-4-7-17(16)13-22(21)29-18/h3-9,12-13,18,24H,10-11,14-15H2,1-2H3/t18-/m1/s1. The van der Waals surface area contributed by atoms with Gasteiger partial charge in [0.05, 0.1) is 14.2 Å². The Kier molecular flexibility index (Phi) is 5.91. The first-order valence-corrected chi connectivity index (χ1v) is 9.65. The summed E-state index contributed by atoms with van der Waals surface area (Å²) in [5.74, 6) is 3.50. The molecule has 1 atom stereocenters. The fraction of sp³-hybridized carbons (Fsp3) is 0.304. The average Bonchev–Trinajstić information content (AvgIpc) is 2.77. The largest absolute Gasteiger partial charge is 0.493 e. The molecule has 152 valence electrons. The van der Waals surface area contributed by atoms with Crippen molar-refractivity contribution in [2.45, 2.75) is 6.10 Å². The van der Waals surface area contributed by atoms with E-state index in [2.05, 4.69) is 17.4 Å². The van der Waals surface area contributed by atoms with Crippen LogP contribution in [0.25, 0.3) is 10.8 Å². The third-order valence-corrected chi connectivity index (χ3v) is 4.81. The van der Waals surface area contributed by atoms with Crippen LogP contribution in [0.2, 0.25) is 0 Å². The van der Waals surface area contributed by atoms with Crippen LogP contribution in [-0.4, -0.2) is 46.6 Å². The minimum absolute atomic E-state index is 0.0514. The van der Waals surface area contributed by atoms with Gasteiger partial charge in [-0.3, -0.25) is 0 Å². The van der Waals surface area contributed by atoms with Crippen LogP contribution in [0.1, 0.15) is 0 Å². The maximum Gasteiger partial charge on any atom is 0.203 e. The molecule has 0 unspecified atom stereocenters. The highest BCUT2D eigenvalue weighted by molar-refractivity contribution is 5.86. The van der Waals surface area contributed by atoms with Gasteiger partial charge >= 0.3 is 0 Å². The fourth-order valence-corrected chi connectivity index (χ4v) is 3.35. The predicted molar refractivity (Wildman–Crippen MR) is 112 cm³/mol. The maximum absolute atomic E-state index is 6.11. The number of para-hydroxylation sites is 1. The van der Waals surface area contributed by atoms with E-state index in [1.165, 1.54) is 0 Å². The zero-order valence-electron chi connectivity index (χ0n) is 16.6. The molecular weight excluding hydrogens is 370 g/mol. The number of fused-ring (bicyclic) bond motifs is 2. The molecule has 0 fully saturated rings. The molecule has 0 saturated carbocycles. The van der Waals surface area contributed by atoms with Gasteiger partial charge < -0.3 is 29.0 Å². The topological polar surface area (TPSA) is 58.2 Å². The van der Waals surface area contributed by atoms with Crippen LogP contribution < -0.4 is 29.0 Å². The lowest BCUT2D eigenvalue weighted by molar-refractivity contribution is 0.0900. The number of rotatable bonds is 8. The van der Waals surface area contributed by atoms with Crippen LogP contribution in [0.5, 0.6) is 28.7 Å². The Morgan fingerprint density at radius 1 is 0.931 bits per heavy atom. The molecule has 1 N–H and O–H groups in total. The van der Waals surface area contributed by atoms with Crippen molar-refractivity contribution in [2.75, 3.05) is 40.5 Å². The molecule has 1 aliphatic rings. The molecule has 0 aromatic heterocycles. The first kappa shape index (κ1) is 19.2. The smallest absolute Gasteiger partial charge is 0.203 e. The van der Waals surface area contributed by atoms with E-state index in [0.29, 0.717) is 43.6 Å². The lowest BCUT2D eigenvalue weighted by Crippen LogP contribution is -2.39. The highest BCUT2D eigenvalue weighted by Crippen LogP contribution is 2.37. The van der Waals surface area contributed by atoms with Gasteiger partial charge in [-0.05, 0) is 35.0 Å². The van der Waals surface area contributed by atoms with Gasteiger partial charge in [0.1, 0.15) is 19.3 Å². The van der Waals surface area contributed by atoms with Crippen molar-refractivity contribution in [2.24, 2.45) is 0 Å². The lowest BCUT2D eigenvalue weighted by Gasteiger charge is -2.27. The van der Waals surface area contributed by atoms with E-state index in [9.17, 15) is 0 Å². The van der Waals surface area contributed by atoms with Crippen molar-refractivity contribution >= 4 is 10.8 Å². The normalized spacial score (nSPS) is 15.2. The van der Waals surface area contributed by atoms with E-state index in [1.54, 1.807) is 14.2 Å². The van der Waals surface area contributed by atoms with Crippen molar-refractivity contribution in [3.05, 3.63) is 54.6 Å². The Balaban J connectivity index is 1.28. The minimum atomic E-state index is -0.0514. The second kappa shape index (κ2) is 8.92. The predicted octanol–water partition coefficient (Wildman–Crippen LogP) is 3.67. The summed E-state index contributed by atoms with van der Waals surface area (Å²) in [4.78, 5) is 0. The number of benzene rings is 3. The molecule has 0 bridgehead atoms. The summed E-state index contributed by atoms with van der Waals surface area (Å²) >= 11 is 0. The summed E-state index contributed by atoms with van der Waals surface area (Å²) in [6, 6.07) is 17.8. The number of hydrogen-bond donors (Lipinski definition) is 1. The van der Waals surface area contributed by atoms with Gasteiger partial charge in [0.15, 0.2) is 23.0 Å².